The number of imide groups is 1. The summed E-state index contributed by atoms with van der Waals surface area (Å²) in [6.07, 6.45) is 0. The highest BCUT2D eigenvalue weighted by Gasteiger charge is 2.49. The predicted octanol–water partition coefficient (Wildman–Crippen LogP) is 3.68. The number of amides is 4. The van der Waals surface area contributed by atoms with Gasteiger partial charge in [-0.25, -0.2) is 4.79 Å². The van der Waals surface area contributed by atoms with E-state index in [0.29, 0.717) is 41.5 Å². The van der Waals surface area contributed by atoms with Gasteiger partial charge in [0.15, 0.2) is 11.5 Å². The molecule has 2 aliphatic rings. The summed E-state index contributed by atoms with van der Waals surface area (Å²) in [6.45, 7) is 2.67. The number of carbonyl (C=O) groups excluding carboxylic acids is 3. The summed E-state index contributed by atoms with van der Waals surface area (Å²) in [6, 6.07) is 20.8. The van der Waals surface area contributed by atoms with Gasteiger partial charge in [0, 0.05) is 11.3 Å². The first-order valence-electron chi connectivity index (χ1n) is 10.9. The number of ether oxygens (including phenoxy) is 2. The van der Waals surface area contributed by atoms with Gasteiger partial charge < -0.3 is 20.1 Å². The topological polar surface area (TPSA) is 97.0 Å². The van der Waals surface area contributed by atoms with Crippen molar-refractivity contribution in [3.63, 3.8) is 0 Å². The Morgan fingerprint density at radius 2 is 1.68 bits per heavy atom. The maximum atomic E-state index is 13.3. The number of nitrogens with zero attached hydrogens (tertiary/aromatic N) is 1. The number of anilines is 1. The zero-order valence-electron chi connectivity index (χ0n) is 18.5. The number of urea groups is 1. The van der Waals surface area contributed by atoms with Gasteiger partial charge in [-0.05, 0) is 54.4 Å². The Labute approximate surface area is 196 Å². The zero-order valence-corrected chi connectivity index (χ0v) is 18.5. The molecular formula is C26H23N3O5. The summed E-state index contributed by atoms with van der Waals surface area (Å²) in [4.78, 5) is 39.7. The quantitative estimate of drug-likeness (QED) is 0.570. The number of para-hydroxylation sites is 1. The second-order valence-electron chi connectivity index (χ2n) is 8.32. The summed E-state index contributed by atoms with van der Waals surface area (Å²) in [5.41, 5.74) is 1.31. The lowest BCUT2D eigenvalue weighted by molar-refractivity contribution is -0.131. The summed E-state index contributed by atoms with van der Waals surface area (Å²) >= 11 is 0. The number of rotatable bonds is 5. The highest BCUT2D eigenvalue weighted by Crippen LogP contribution is 2.37. The molecule has 1 atom stereocenters. The molecule has 8 nitrogen and oxygen atoms in total. The molecule has 0 aromatic heterocycles. The molecule has 1 fully saturated rings. The Morgan fingerprint density at radius 3 is 2.41 bits per heavy atom. The van der Waals surface area contributed by atoms with Crippen molar-refractivity contribution >= 4 is 23.5 Å². The molecule has 2 N–H and O–H groups in total. The number of benzene rings is 3. The van der Waals surface area contributed by atoms with Crippen LogP contribution in [-0.4, -0.2) is 36.0 Å². The van der Waals surface area contributed by atoms with E-state index in [-0.39, 0.29) is 18.4 Å². The van der Waals surface area contributed by atoms with Crippen molar-refractivity contribution < 1.29 is 23.9 Å². The predicted molar refractivity (Wildman–Crippen MR) is 125 cm³/mol. The lowest BCUT2D eigenvalue weighted by Gasteiger charge is -2.25. The summed E-state index contributed by atoms with van der Waals surface area (Å²) in [5, 5.41) is 5.64. The van der Waals surface area contributed by atoms with Crippen molar-refractivity contribution in [1.29, 1.82) is 0 Å². The Kier molecular flexibility index (Phi) is 5.41. The number of fused-ring (bicyclic) bond motifs is 1. The molecule has 2 heterocycles. The third-order valence-electron chi connectivity index (χ3n) is 5.98. The Hall–Kier alpha value is -4.33. The molecule has 34 heavy (non-hydrogen) atoms. The van der Waals surface area contributed by atoms with Gasteiger partial charge in [0.25, 0.3) is 11.8 Å². The molecule has 8 heteroatoms. The summed E-state index contributed by atoms with van der Waals surface area (Å²) in [5.74, 6) is 0.567. The molecule has 3 aromatic carbocycles. The van der Waals surface area contributed by atoms with E-state index in [0.717, 1.165) is 5.56 Å². The first-order valence-corrected chi connectivity index (χ1v) is 10.9. The number of nitrogens with one attached hydrogen (secondary N) is 2. The van der Waals surface area contributed by atoms with E-state index in [4.69, 9.17) is 9.47 Å². The van der Waals surface area contributed by atoms with Crippen LogP contribution in [0.5, 0.6) is 11.5 Å². The van der Waals surface area contributed by atoms with Crippen LogP contribution in [-0.2, 0) is 16.9 Å². The molecule has 0 spiro atoms. The SMILES string of the molecule is CC1(c2ccc3c(c2)OCCO3)NC(=O)N(Cc2ccc(C(=O)Nc3ccccc3)cc2)C1=O. The van der Waals surface area contributed by atoms with Crippen LogP contribution >= 0.6 is 0 Å². The first kappa shape index (κ1) is 21.5. The van der Waals surface area contributed by atoms with Crippen LogP contribution in [0.15, 0.2) is 72.8 Å². The van der Waals surface area contributed by atoms with Gasteiger partial charge >= 0.3 is 6.03 Å². The molecule has 0 radical (unpaired) electrons. The molecule has 5 rings (SSSR count). The van der Waals surface area contributed by atoms with Crippen molar-refractivity contribution in [3.05, 3.63) is 89.5 Å². The van der Waals surface area contributed by atoms with Crippen LogP contribution in [0.25, 0.3) is 0 Å². The monoisotopic (exact) mass is 457 g/mol. The van der Waals surface area contributed by atoms with Crippen LogP contribution in [0, 0.1) is 0 Å². The number of carbonyl (C=O) groups is 3. The minimum Gasteiger partial charge on any atom is -0.486 e. The van der Waals surface area contributed by atoms with Crippen LogP contribution < -0.4 is 20.1 Å². The van der Waals surface area contributed by atoms with Crippen molar-refractivity contribution in [2.75, 3.05) is 18.5 Å². The van der Waals surface area contributed by atoms with Gasteiger partial charge in [-0.2, -0.15) is 0 Å². The number of hydrogen-bond donors (Lipinski definition) is 2. The standard InChI is InChI=1S/C26H23N3O5/c1-26(19-11-12-21-22(15-19)34-14-13-33-21)24(31)29(25(32)28-26)16-17-7-9-18(10-8-17)23(30)27-20-5-3-2-4-6-20/h2-12,15H,13-14,16H2,1H3,(H,27,30)(H,28,32). The third kappa shape index (κ3) is 3.94. The average molecular weight is 457 g/mol. The average Bonchev–Trinajstić information content (AvgIpc) is 3.08. The number of hydrogen-bond acceptors (Lipinski definition) is 5. The van der Waals surface area contributed by atoms with Gasteiger partial charge in [0.2, 0.25) is 0 Å². The van der Waals surface area contributed by atoms with Crippen LogP contribution in [0.1, 0.15) is 28.4 Å². The Bertz CT molecular complexity index is 1260. The minimum atomic E-state index is -1.22. The van der Waals surface area contributed by atoms with E-state index in [2.05, 4.69) is 10.6 Å². The fourth-order valence-electron chi connectivity index (χ4n) is 4.06. The summed E-state index contributed by atoms with van der Waals surface area (Å²) in [7, 11) is 0. The molecule has 1 saturated heterocycles. The van der Waals surface area contributed by atoms with Crippen molar-refractivity contribution in [2.24, 2.45) is 0 Å². The van der Waals surface area contributed by atoms with Gasteiger partial charge in [-0.1, -0.05) is 36.4 Å². The Morgan fingerprint density at radius 1 is 0.971 bits per heavy atom. The van der Waals surface area contributed by atoms with E-state index < -0.39 is 11.6 Å². The maximum absolute atomic E-state index is 13.3. The molecule has 0 bridgehead atoms. The fraction of sp³-hybridized carbons (Fsp3) is 0.192. The van der Waals surface area contributed by atoms with E-state index in [1.54, 1.807) is 49.4 Å². The Balaban J connectivity index is 1.30. The smallest absolute Gasteiger partial charge is 0.325 e. The van der Waals surface area contributed by atoms with E-state index in [9.17, 15) is 14.4 Å². The zero-order chi connectivity index (χ0) is 23.7. The van der Waals surface area contributed by atoms with Crippen LogP contribution in [0.2, 0.25) is 0 Å². The second-order valence-corrected chi connectivity index (χ2v) is 8.32. The first-order chi connectivity index (χ1) is 16.4. The van der Waals surface area contributed by atoms with Gasteiger partial charge in [-0.3, -0.25) is 14.5 Å². The molecule has 4 amide bonds. The highest BCUT2D eigenvalue weighted by atomic mass is 16.6. The maximum Gasteiger partial charge on any atom is 0.325 e. The third-order valence-corrected chi connectivity index (χ3v) is 5.98. The van der Waals surface area contributed by atoms with E-state index in [1.165, 1.54) is 4.90 Å². The molecule has 0 aliphatic carbocycles. The van der Waals surface area contributed by atoms with Gasteiger partial charge in [0.1, 0.15) is 18.8 Å². The fourth-order valence-corrected chi connectivity index (χ4v) is 4.06. The molecule has 0 saturated carbocycles. The van der Waals surface area contributed by atoms with E-state index >= 15 is 0 Å². The van der Waals surface area contributed by atoms with Gasteiger partial charge in [-0.15, -0.1) is 0 Å². The van der Waals surface area contributed by atoms with E-state index in [1.807, 2.05) is 30.3 Å². The molecular weight excluding hydrogens is 434 g/mol. The largest absolute Gasteiger partial charge is 0.486 e. The van der Waals surface area contributed by atoms with Crippen molar-refractivity contribution in [2.45, 2.75) is 19.0 Å². The minimum absolute atomic E-state index is 0.0887. The molecule has 2 aliphatic heterocycles. The molecule has 1 unspecified atom stereocenters. The van der Waals surface area contributed by atoms with Crippen LogP contribution in [0.4, 0.5) is 10.5 Å². The summed E-state index contributed by atoms with van der Waals surface area (Å²) < 4.78 is 11.2. The lowest BCUT2D eigenvalue weighted by atomic mass is 9.91. The molecule has 3 aromatic rings. The highest BCUT2D eigenvalue weighted by molar-refractivity contribution is 6.07. The van der Waals surface area contributed by atoms with Gasteiger partial charge in [0.05, 0.1) is 6.54 Å². The second kappa shape index (κ2) is 8.55. The van der Waals surface area contributed by atoms with Crippen molar-refractivity contribution in [3.8, 4) is 11.5 Å². The van der Waals surface area contributed by atoms with Crippen LogP contribution in [0.3, 0.4) is 0 Å². The molecule has 172 valence electrons. The lowest BCUT2D eigenvalue weighted by Crippen LogP contribution is -2.41. The normalized spacial score (nSPS) is 19.0. The van der Waals surface area contributed by atoms with Crippen molar-refractivity contribution in [1.82, 2.24) is 10.2 Å².